The van der Waals surface area contributed by atoms with Crippen LogP contribution >= 0.6 is 0 Å². The molecular weight excluding hydrogens is 231 g/mol. The molecule has 100 valence electrons. The number of ether oxygens (including phenoxy) is 1. The summed E-state index contributed by atoms with van der Waals surface area (Å²) < 4.78 is 19.1. The van der Waals surface area contributed by atoms with Crippen molar-refractivity contribution < 1.29 is 9.13 Å². The van der Waals surface area contributed by atoms with E-state index in [0.29, 0.717) is 12.6 Å². The Morgan fingerprint density at radius 1 is 1.50 bits per heavy atom. The molecule has 1 saturated heterocycles. The quantitative estimate of drug-likeness (QED) is 0.892. The van der Waals surface area contributed by atoms with Gasteiger partial charge in [0.1, 0.15) is 5.82 Å². The van der Waals surface area contributed by atoms with E-state index in [-0.39, 0.29) is 18.0 Å². The number of hydrogen-bond acceptors (Lipinski definition) is 3. The summed E-state index contributed by atoms with van der Waals surface area (Å²) >= 11 is 0. The second-order valence-electron chi connectivity index (χ2n) is 4.96. The monoisotopic (exact) mass is 252 g/mol. The van der Waals surface area contributed by atoms with E-state index in [2.05, 4.69) is 6.92 Å². The zero-order chi connectivity index (χ0) is 13.1. The fraction of sp³-hybridized carbons (Fsp3) is 0.571. The number of benzene rings is 1. The first kappa shape index (κ1) is 13.3. The van der Waals surface area contributed by atoms with Gasteiger partial charge >= 0.3 is 0 Å². The third kappa shape index (κ3) is 2.82. The van der Waals surface area contributed by atoms with Gasteiger partial charge in [0.05, 0.1) is 18.2 Å². The molecule has 1 aliphatic heterocycles. The van der Waals surface area contributed by atoms with E-state index < -0.39 is 0 Å². The Morgan fingerprint density at radius 2 is 2.28 bits per heavy atom. The molecule has 1 aromatic rings. The molecule has 0 amide bonds. The summed E-state index contributed by atoms with van der Waals surface area (Å²) in [5.41, 5.74) is 6.70. The molecule has 1 fully saturated rings. The van der Waals surface area contributed by atoms with E-state index in [0.717, 1.165) is 18.5 Å². The molecule has 1 aliphatic rings. The minimum absolute atomic E-state index is 0.0942. The lowest BCUT2D eigenvalue weighted by Gasteiger charge is -2.33. The minimum Gasteiger partial charge on any atom is -0.373 e. The number of hydrogen-bond donors (Lipinski definition) is 1. The second kappa shape index (κ2) is 5.67. The van der Waals surface area contributed by atoms with Crippen LogP contribution in [0.15, 0.2) is 24.3 Å². The van der Waals surface area contributed by atoms with Crippen molar-refractivity contribution in [3.63, 3.8) is 0 Å². The summed E-state index contributed by atoms with van der Waals surface area (Å²) in [6.07, 6.45) is 2.52. The molecule has 0 bridgehead atoms. The lowest BCUT2D eigenvalue weighted by atomic mass is 10.1. The molecule has 3 atom stereocenters. The molecule has 1 aromatic carbocycles. The third-order valence-electron chi connectivity index (χ3n) is 3.65. The van der Waals surface area contributed by atoms with E-state index >= 15 is 0 Å². The van der Waals surface area contributed by atoms with Crippen LogP contribution in [-0.4, -0.2) is 31.8 Å². The van der Waals surface area contributed by atoms with Crippen LogP contribution in [0.4, 0.5) is 10.1 Å². The van der Waals surface area contributed by atoms with Crippen molar-refractivity contribution in [1.82, 2.24) is 0 Å². The van der Waals surface area contributed by atoms with Crippen LogP contribution < -0.4 is 10.6 Å². The molecule has 0 spiro atoms. The SMILES string of the molecule is CC1CCC(C(CN)N(C)c2cccc(F)c2)O1. The summed E-state index contributed by atoms with van der Waals surface area (Å²) in [6.45, 7) is 2.58. The first-order valence-electron chi connectivity index (χ1n) is 6.45. The van der Waals surface area contributed by atoms with Crippen molar-refractivity contribution in [3.05, 3.63) is 30.1 Å². The number of rotatable bonds is 4. The topological polar surface area (TPSA) is 38.5 Å². The number of likely N-dealkylation sites (N-methyl/N-ethyl adjacent to an activating group) is 1. The maximum Gasteiger partial charge on any atom is 0.125 e. The van der Waals surface area contributed by atoms with Crippen LogP contribution in [0.25, 0.3) is 0 Å². The average molecular weight is 252 g/mol. The zero-order valence-corrected chi connectivity index (χ0v) is 11.0. The maximum atomic E-state index is 13.2. The molecule has 3 nitrogen and oxygen atoms in total. The fourth-order valence-electron chi connectivity index (χ4n) is 2.56. The highest BCUT2D eigenvalue weighted by Crippen LogP contribution is 2.26. The molecule has 2 rings (SSSR count). The molecule has 0 saturated carbocycles. The number of halogens is 1. The predicted molar refractivity (Wildman–Crippen MR) is 71.2 cm³/mol. The Morgan fingerprint density at radius 3 is 2.83 bits per heavy atom. The van der Waals surface area contributed by atoms with Gasteiger partial charge in [-0.05, 0) is 38.0 Å². The minimum atomic E-state index is -0.226. The van der Waals surface area contributed by atoms with Crippen LogP contribution in [0.2, 0.25) is 0 Å². The number of nitrogens with zero attached hydrogens (tertiary/aromatic N) is 1. The van der Waals surface area contributed by atoms with Crippen molar-refractivity contribution in [1.29, 1.82) is 0 Å². The lowest BCUT2D eigenvalue weighted by molar-refractivity contribution is 0.0411. The van der Waals surface area contributed by atoms with Gasteiger partial charge < -0.3 is 15.4 Å². The Balaban J connectivity index is 2.12. The molecular formula is C14H21FN2O. The predicted octanol–water partition coefficient (Wildman–Crippen LogP) is 2.16. The van der Waals surface area contributed by atoms with Crippen LogP contribution in [-0.2, 0) is 4.74 Å². The van der Waals surface area contributed by atoms with Gasteiger partial charge in [0, 0.05) is 19.3 Å². The molecule has 1 heterocycles. The van der Waals surface area contributed by atoms with Crippen LogP contribution in [0.3, 0.4) is 0 Å². The first-order valence-corrected chi connectivity index (χ1v) is 6.45. The number of nitrogens with two attached hydrogens (primary N) is 1. The molecule has 0 aromatic heterocycles. The van der Waals surface area contributed by atoms with Gasteiger partial charge in [-0.3, -0.25) is 0 Å². The van der Waals surface area contributed by atoms with Gasteiger partial charge in [-0.25, -0.2) is 4.39 Å². The van der Waals surface area contributed by atoms with Gasteiger partial charge in [-0.15, -0.1) is 0 Å². The highest BCUT2D eigenvalue weighted by atomic mass is 19.1. The van der Waals surface area contributed by atoms with Gasteiger partial charge in [-0.2, -0.15) is 0 Å². The van der Waals surface area contributed by atoms with Crippen molar-refractivity contribution in [3.8, 4) is 0 Å². The lowest BCUT2D eigenvalue weighted by Crippen LogP contribution is -2.46. The molecule has 0 radical (unpaired) electrons. The van der Waals surface area contributed by atoms with E-state index in [1.165, 1.54) is 12.1 Å². The largest absolute Gasteiger partial charge is 0.373 e. The van der Waals surface area contributed by atoms with Gasteiger partial charge in [0.2, 0.25) is 0 Å². The molecule has 0 aliphatic carbocycles. The summed E-state index contributed by atoms with van der Waals surface area (Å²) in [6, 6.07) is 6.68. The van der Waals surface area contributed by atoms with E-state index in [1.807, 2.05) is 18.0 Å². The normalized spacial score (nSPS) is 25.1. The second-order valence-corrected chi connectivity index (χ2v) is 4.96. The van der Waals surface area contributed by atoms with Crippen molar-refractivity contribution in [2.45, 2.75) is 38.0 Å². The zero-order valence-electron chi connectivity index (χ0n) is 11.0. The Labute approximate surface area is 108 Å². The van der Waals surface area contributed by atoms with Gasteiger partial charge in [0.15, 0.2) is 0 Å². The molecule has 3 unspecified atom stereocenters. The van der Waals surface area contributed by atoms with Gasteiger partial charge in [-0.1, -0.05) is 6.07 Å². The fourth-order valence-corrected chi connectivity index (χ4v) is 2.56. The first-order chi connectivity index (χ1) is 8.61. The van der Waals surface area contributed by atoms with Crippen molar-refractivity contribution in [2.75, 3.05) is 18.5 Å². The highest BCUT2D eigenvalue weighted by molar-refractivity contribution is 5.47. The maximum absolute atomic E-state index is 13.2. The van der Waals surface area contributed by atoms with E-state index in [1.54, 1.807) is 6.07 Å². The standard InChI is InChI=1S/C14H21FN2O/c1-10-6-7-14(18-10)13(9-16)17(2)12-5-3-4-11(15)8-12/h3-5,8,10,13-14H,6-7,9,16H2,1-2H3. The molecule has 2 N–H and O–H groups in total. The molecule has 18 heavy (non-hydrogen) atoms. The summed E-state index contributed by atoms with van der Waals surface area (Å²) in [5.74, 6) is -0.226. The smallest absolute Gasteiger partial charge is 0.125 e. The van der Waals surface area contributed by atoms with E-state index in [4.69, 9.17) is 10.5 Å². The van der Waals surface area contributed by atoms with Crippen LogP contribution in [0.5, 0.6) is 0 Å². The van der Waals surface area contributed by atoms with Crippen molar-refractivity contribution in [2.24, 2.45) is 5.73 Å². The van der Waals surface area contributed by atoms with Crippen LogP contribution in [0, 0.1) is 5.82 Å². The summed E-state index contributed by atoms with van der Waals surface area (Å²) in [5, 5.41) is 0. The Kier molecular flexibility index (Phi) is 4.19. The Hall–Kier alpha value is -1.13. The van der Waals surface area contributed by atoms with Crippen molar-refractivity contribution >= 4 is 5.69 Å². The average Bonchev–Trinajstić information content (AvgIpc) is 2.76. The summed E-state index contributed by atoms with van der Waals surface area (Å²) in [7, 11) is 1.94. The van der Waals surface area contributed by atoms with E-state index in [9.17, 15) is 4.39 Å². The highest BCUT2D eigenvalue weighted by Gasteiger charge is 2.31. The van der Waals surface area contributed by atoms with Crippen LogP contribution in [0.1, 0.15) is 19.8 Å². The Bertz CT molecular complexity index is 399. The molecule has 4 heteroatoms. The third-order valence-corrected chi connectivity index (χ3v) is 3.65. The summed E-state index contributed by atoms with van der Waals surface area (Å²) in [4.78, 5) is 2.02. The number of anilines is 1. The van der Waals surface area contributed by atoms with Gasteiger partial charge in [0.25, 0.3) is 0 Å².